The lowest BCUT2D eigenvalue weighted by Gasteiger charge is -2.14. The lowest BCUT2D eigenvalue weighted by Crippen LogP contribution is -2.35. The summed E-state index contributed by atoms with van der Waals surface area (Å²) in [5.41, 5.74) is 6.36. The second kappa shape index (κ2) is 5.37. The molecule has 0 unspecified atom stereocenters. The van der Waals surface area contributed by atoms with E-state index in [-0.39, 0.29) is 18.6 Å². The molecule has 0 spiro atoms. The van der Waals surface area contributed by atoms with Crippen molar-refractivity contribution in [3.05, 3.63) is 23.8 Å². The highest BCUT2D eigenvalue weighted by Crippen LogP contribution is 2.23. The number of hydrogen-bond acceptors (Lipinski definition) is 4. The molecule has 5 nitrogen and oxygen atoms in total. The first kappa shape index (κ1) is 12.3. The van der Waals surface area contributed by atoms with Crippen molar-refractivity contribution in [1.82, 2.24) is 5.32 Å². The third-order valence-electron chi connectivity index (χ3n) is 2.16. The largest absolute Gasteiger partial charge is 0.496 e. The highest BCUT2D eigenvalue weighted by molar-refractivity contribution is 6.02. The molecule has 0 fully saturated rings. The summed E-state index contributed by atoms with van der Waals surface area (Å²) in [6.45, 7) is 1.57. The van der Waals surface area contributed by atoms with Gasteiger partial charge >= 0.3 is 0 Å². The van der Waals surface area contributed by atoms with E-state index in [1.54, 1.807) is 25.1 Å². The molecule has 1 aromatic rings. The van der Waals surface area contributed by atoms with Gasteiger partial charge in [0.25, 0.3) is 5.91 Å². The quantitative estimate of drug-likeness (QED) is 0.646. The van der Waals surface area contributed by atoms with Gasteiger partial charge in [-0.2, -0.15) is 0 Å². The van der Waals surface area contributed by atoms with Gasteiger partial charge in [-0.25, -0.2) is 0 Å². The number of nitrogen functional groups attached to an aromatic ring is 1. The van der Waals surface area contributed by atoms with Gasteiger partial charge in [0.1, 0.15) is 11.3 Å². The molecule has 5 heteroatoms. The van der Waals surface area contributed by atoms with E-state index in [1.165, 1.54) is 7.11 Å². The Morgan fingerprint density at radius 3 is 2.88 bits per heavy atom. The highest BCUT2D eigenvalue weighted by atomic mass is 16.5. The molecule has 4 N–H and O–H groups in total. The van der Waals surface area contributed by atoms with E-state index in [9.17, 15) is 4.79 Å². The van der Waals surface area contributed by atoms with E-state index in [0.717, 1.165) is 0 Å². The first-order chi connectivity index (χ1) is 7.60. The van der Waals surface area contributed by atoms with Crippen LogP contribution in [0.3, 0.4) is 0 Å². The molecule has 1 aromatic carbocycles. The Bertz CT molecular complexity index is 379. The highest BCUT2D eigenvalue weighted by Gasteiger charge is 2.16. The number of aliphatic hydroxyl groups excluding tert-OH is 1. The van der Waals surface area contributed by atoms with Crippen LogP contribution in [0.4, 0.5) is 5.69 Å². The third kappa shape index (κ3) is 2.64. The van der Waals surface area contributed by atoms with E-state index in [1.807, 2.05) is 0 Å². The summed E-state index contributed by atoms with van der Waals surface area (Å²) < 4.78 is 5.06. The number of anilines is 1. The van der Waals surface area contributed by atoms with Crippen LogP contribution in [0.5, 0.6) is 5.75 Å². The first-order valence-corrected chi connectivity index (χ1v) is 4.94. The van der Waals surface area contributed by atoms with E-state index < -0.39 is 0 Å². The molecule has 0 heterocycles. The average Bonchev–Trinajstić information content (AvgIpc) is 2.28. The standard InChI is InChI=1S/C11H16N2O3/c1-7(6-14)13-11(15)10-8(12)4-3-5-9(10)16-2/h3-5,7,14H,6,12H2,1-2H3,(H,13,15)/t7-/m1/s1. The van der Waals surface area contributed by atoms with Crippen LogP contribution in [0.2, 0.25) is 0 Å². The summed E-state index contributed by atoms with van der Waals surface area (Å²) in [4.78, 5) is 11.8. The fourth-order valence-corrected chi connectivity index (χ4v) is 1.30. The minimum Gasteiger partial charge on any atom is -0.496 e. The molecule has 1 atom stereocenters. The Hall–Kier alpha value is -1.75. The maximum absolute atomic E-state index is 11.8. The Morgan fingerprint density at radius 2 is 2.31 bits per heavy atom. The zero-order valence-electron chi connectivity index (χ0n) is 9.36. The lowest BCUT2D eigenvalue weighted by atomic mass is 10.1. The SMILES string of the molecule is COc1cccc(N)c1C(=O)N[C@H](C)CO. The van der Waals surface area contributed by atoms with Gasteiger partial charge < -0.3 is 20.9 Å². The molecule has 1 rings (SSSR count). The molecule has 16 heavy (non-hydrogen) atoms. The number of rotatable bonds is 4. The topological polar surface area (TPSA) is 84.6 Å². The number of nitrogens with one attached hydrogen (secondary N) is 1. The van der Waals surface area contributed by atoms with Gasteiger partial charge in [-0.05, 0) is 19.1 Å². The molecule has 1 amide bonds. The summed E-state index contributed by atoms with van der Waals surface area (Å²) in [6.07, 6.45) is 0. The molecule has 0 aliphatic carbocycles. The van der Waals surface area contributed by atoms with Crippen molar-refractivity contribution in [2.75, 3.05) is 19.5 Å². The van der Waals surface area contributed by atoms with Gasteiger partial charge in [0, 0.05) is 11.7 Å². The van der Waals surface area contributed by atoms with Crippen LogP contribution < -0.4 is 15.8 Å². The van der Waals surface area contributed by atoms with Crippen molar-refractivity contribution in [2.24, 2.45) is 0 Å². The predicted octanol–water partition coefficient (Wildman–Crippen LogP) is 0.388. The molecule has 88 valence electrons. The number of ether oxygens (including phenoxy) is 1. The second-order valence-corrected chi connectivity index (χ2v) is 3.48. The average molecular weight is 224 g/mol. The van der Waals surface area contributed by atoms with E-state index in [0.29, 0.717) is 17.0 Å². The zero-order valence-corrected chi connectivity index (χ0v) is 9.36. The van der Waals surface area contributed by atoms with Crippen molar-refractivity contribution in [3.63, 3.8) is 0 Å². The Kier molecular flexibility index (Phi) is 4.13. The summed E-state index contributed by atoms with van der Waals surface area (Å²) in [5, 5.41) is 11.5. The lowest BCUT2D eigenvalue weighted by molar-refractivity contribution is 0.0920. The van der Waals surface area contributed by atoms with Crippen molar-refractivity contribution < 1.29 is 14.6 Å². The van der Waals surface area contributed by atoms with Gasteiger partial charge in [0.15, 0.2) is 0 Å². The number of hydrogen-bond donors (Lipinski definition) is 3. The van der Waals surface area contributed by atoms with Crippen molar-refractivity contribution >= 4 is 11.6 Å². The van der Waals surface area contributed by atoms with Gasteiger partial charge in [0.2, 0.25) is 0 Å². The number of amides is 1. The van der Waals surface area contributed by atoms with Crippen LogP contribution in [0, 0.1) is 0 Å². The third-order valence-corrected chi connectivity index (χ3v) is 2.16. The van der Waals surface area contributed by atoms with Gasteiger partial charge in [-0.1, -0.05) is 6.07 Å². The molecule has 0 bridgehead atoms. The molecule has 0 aromatic heterocycles. The molecule has 0 saturated carbocycles. The number of aliphatic hydroxyl groups is 1. The van der Waals surface area contributed by atoms with Crippen molar-refractivity contribution in [2.45, 2.75) is 13.0 Å². The first-order valence-electron chi connectivity index (χ1n) is 4.94. The van der Waals surface area contributed by atoms with Crippen molar-refractivity contribution in [3.8, 4) is 5.75 Å². The zero-order chi connectivity index (χ0) is 12.1. The number of benzene rings is 1. The summed E-state index contributed by atoms with van der Waals surface area (Å²) in [6, 6.07) is 4.67. The normalized spacial score (nSPS) is 11.9. The summed E-state index contributed by atoms with van der Waals surface area (Å²) >= 11 is 0. The maximum Gasteiger partial charge on any atom is 0.257 e. The number of methoxy groups -OCH3 is 1. The Labute approximate surface area is 94.2 Å². The fourth-order valence-electron chi connectivity index (χ4n) is 1.30. The van der Waals surface area contributed by atoms with Crippen LogP contribution in [0.15, 0.2) is 18.2 Å². The van der Waals surface area contributed by atoms with Crippen LogP contribution >= 0.6 is 0 Å². The molecular formula is C11H16N2O3. The Morgan fingerprint density at radius 1 is 1.62 bits per heavy atom. The van der Waals surface area contributed by atoms with Gasteiger partial charge in [-0.3, -0.25) is 4.79 Å². The minimum atomic E-state index is -0.350. The molecule has 0 saturated heterocycles. The number of nitrogens with two attached hydrogens (primary N) is 1. The molecular weight excluding hydrogens is 208 g/mol. The van der Waals surface area contributed by atoms with Crippen LogP contribution in [0.1, 0.15) is 17.3 Å². The number of carbonyl (C=O) groups is 1. The minimum absolute atomic E-state index is 0.124. The van der Waals surface area contributed by atoms with Crippen molar-refractivity contribution in [1.29, 1.82) is 0 Å². The monoisotopic (exact) mass is 224 g/mol. The smallest absolute Gasteiger partial charge is 0.257 e. The van der Waals surface area contributed by atoms with E-state index in [2.05, 4.69) is 5.32 Å². The van der Waals surface area contributed by atoms with E-state index >= 15 is 0 Å². The summed E-state index contributed by atoms with van der Waals surface area (Å²) in [5.74, 6) is 0.0686. The van der Waals surface area contributed by atoms with Crippen LogP contribution in [-0.4, -0.2) is 30.8 Å². The Balaban J connectivity index is 2.98. The van der Waals surface area contributed by atoms with Gasteiger partial charge in [-0.15, -0.1) is 0 Å². The van der Waals surface area contributed by atoms with Crippen LogP contribution in [-0.2, 0) is 0 Å². The summed E-state index contributed by atoms with van der Waals surface area (Å²) in [7, 11) is 1.47. The number of carbonyl (C=O) groups excluding carboxylic acids is 1. The fraction of sp³-hybridized carbons (Fsp3) is 0.364. The van der Waals surface area contributed by atoms with E-state index in [4.69, 9.17) is 15.6 Å². The molecule has 0 aliphatic heterocycles. The maximum atomic E-state index is 11.8. The molecule has 0 aliphatic rings. The van der Waals surface area contributed by atoms with Gasteiger partial charge in [0.05, 0.1) is 13.7 Å². The molecule has 0 radical (unpaired) electrons. The predicted molar refractivity (Wildman–Crippen MR) is 61.4 cm³/mol. The van der Waals surface area contributed by atoms with Crippen LogP contribution in [0.25, 0.3) is 0 Å². The second-order valence-electron chi connectivity index (χ2n) is 3.48.